The molecule has 1 aromatic rings. The van der Waals surface area contributed by atoms with E-state index in [1.54, 1.807) is 4.68 Å². The van der Waals surface area contributed by atoms with Gasteiger partial charge in [0.2, 0.25) is 0 Å². The summed E-state index contributed by atoms with van der Waals surface area (Å²) in [5, 5.41) is 13.4. The SMILES string of the molecule is Cc1cn(C)nc1C1C(C(=O)O)C1(C)C. The zero-order valence-corrected chi connectivity index (χ0v) is 9.48. The molecule has 0 bridgehead atoms. The van der Waals surface area contributed by atoms with Gasteiger partial charge in [0.1, 0.15) is 0 Å². The van der Waals surface area contributed by atoms with Gasteiger partial charge in [-0.2, -0.15) is 5.10 Å². The Bertz CT molecular complexity index is 420. The first-order chi connectivity index (χ1) is 6.85. The lowest BCUT2D eigenvalue weighted by Gasteiger charge is -1.99. The molecule has 2 unspecified atom stereocenters. The number of hydrogen-bond acceptors (Lipinski definition) is 2. The minimum atomic E-state index is -0.713. The summed E-state index contributed by atoms with van der Waals surface area (Å²) in [5.74, 6) is -0.933. The highest BCUT2D eigenvalue weighted by molar-refractivity contribution is 5.77. The topological polar surface area (TPSA) is 55.1 Å². The van der Waals surface area contributed by atoms with Crippen molar-refractivity contribution in [1.29, 1.82) is 0 Å². The Morgan fingerprint density at radius 2 is 2.20 bits per heavy atom. The van der Waals surface area contributed by atoms with Crippen molar-refractivity contribution >= 4 is 5.97 Å². The van der Waals surface area contributed by atoms with Gasteiger partial charge in [0, 0.05) is 19.2 Å². The van der Waals surface area contributed by atoms with Crippen LogP contribution in [0.1, 0.15) is 31.0 Å². The summed E-state index contributed by atoms with van der Waals surface area (Å²) in [6.07, 6.45) is 1.93. The number of carbonyl (C=O) groups is 1. The van der Waals surface area contributed by atoms with E-state index in [1.165, 1.54) is 0 Å². The van der Waals surface area contributed by atoms with Crippen LogP contribution >= 0.6 is 0 Å². The molecule has 1 heterocycles. The molecule has 82 valence electrons. The molecule has 4 heteroatoms. The fourth-order valence-corrected chi connectivity index (χ4v) is 2.54. The lowest BCUT2D eigenvalue weighted by molar-refractivity contribution is -0.139. The summed E-state index contributed by atoms with van der Waals surface area (Å²) in [6.45, 7) is 5.96. The first-order valence-electron chi connectivity index (χ1n) is 5.08. The molecule has 2 atom stereocenters. The van der Waals surface area contributed by atoms with Crippen molar-refractivity contribution in [2.24, 2.45) is 18.4 Å². The molecule has 1 aliphatic carbocycles. The van der Waals surface area contributed by atoms with Gasteiger partial charge in [-0.25, -0.2) is 0 Å². The molecule has 1 aromatic heterocycles. The Hall–Kier alpha value is -1.32. The second kappa shape index (κ2) is 2.84. The molecule has 0 spiro atoms. The zero-order chi connectivity index (χ0) is 11.4. The number of nitrogens with zero attached hydrogens (tertiary/aromatic N) is 2. The van der Waals surface area contributed by atoms with Crippen LogP contribution in [0.4, 0.5) is 0 Å². The second-order valence-corrected chi connectivity index (χ2v) is 4.99. The summed E-state index contributed by atoms with van der Waals surface area (Å²) < 4.78 is 1.75. The molecule has 1 aliphatic rings. The maximum Gasteiger partial charge on any atom is 0.307 e. The van der Waals surface area contributed by atoms with Crippen LogP contribution in [0.5, 0.6) is 0 Å². The zero-order valence-electron chi connectivity index (χ0n) is 9.48. The van der Waals surface area contributed by atoms with E-state index in [1.807, 2.05) is 34.0 Å². The lowest BCUT2D eigenvalue weighted by Crippen LogP contribution is -2.03. The van der Waals surface area contributed by atoms with E-state index in [0.717, 1.165) is 11.3 Å². The van der Waals surface area contributed by atoms with Crippen molar-refractivity contribution in [3.05, 3.63) is 17.5 Å². The van der Waals surface area contributed by atoms with Crippen LogP contribution in [0, 0.1) is 18.3 Å². The molecule has 0 aromatic carbocycles. The van der Waals surface area contributed by atoms with Crippen molar-refractivity contribution in [2.45, 2.75) is 26.7 Å². The number of carboxylic acid groups (broad SMARTS) is 1. The molecule has 0 aliphatic heterocycles. The van der Waals surface area contributed by atoms with E-state index in [2.05, 4.69) is 5.10 Å². The smallest absolute Gasteiger partial charge is 0.307 e. The maximum absolute atomic E-state index is 11.0. The van der Waals surface area contributed by atoms with E-state index >= 15 is 0 Å². The predicted molar refractivity (Wildman–Crippen MR) is 55.6 cm³/mol. The molecule has 0 saturated heterocycles. The first-order valence-corrected chi connectivity index (χ1v) is 5.08. The summed E-state index contributed by atoms with van der Waals surface area (Å²) in [6, 6.07) is 0. The number of aromatic nitrogens is 2. The Morgan fingerprint density at radius 1 is 1.60 bits per heavy atom. The fraction of sp³-hybridized carbons (Fsp3) is 0.636. The number of carboxylic acids is 1. The van der Waals surface area contributed by atoms with Gasteiger partial charge >= 0.3 is 5.97 Å². The molecule has 15 heavy (non-hydrogen) atoms. The van der Waals surface area contributed by atoms with Crippen LogP contribution in [0.15, 0.2) is 6.20 Å². The lowest BCUT2D eigenvalue weighted by atomic mass is 10.1. The van der Waals surface area contributed by atoms with Crippen molar-refractivity contribution in [2.75, 3.05) is 0 Å². The fourth-order valence-electron chi connectivity index (χ4n) is 2.54. The van der Waals surface area contributed by atoms with Crippen molar-refractivity contribution in [3.8, 4) is 0 Å². The van der Waals surface area contributed by atoms with Crippen LogP contribution in [0.3, 0.4) is 0 Å². The highest BCUT2D eigenvalue weighted by Gasteiger charge is 2.64. The van der Waals surface area contributed by atoms with Gasteiger partial charge in [-0.15, -0.1) is 0 Å². The maximum atomic E-state index is 11.0. The van der Waals surface area contributed by atoms with Crippen molar-refractivity contribution < 1.29 is 9.90 Å². The average molecular weight is 208 g/mol. The molecule has 0 radical (unpaired) electrons. The van der Waals surface area contributed by atoms with Crippen molar-refractivity contribution in [3.63, 3.8) is 0 Å². The first kappa shape index (κ1) is 10.2. The van der Waals surface area contributed by atoms with Crippen LogP contribution in [-0.4, -0.2) is 20.9 Å². The largest absolute Gasteiger partial charge is 0.481 e. The summed E-state index contributed by atoms with van der Waals surface area (Å²) in [7, 11) is 1.86. The molecule has 1 saturated carbocycles. The molecule has 1 N–H and O–H groups in total. The quantitative estimate of drug-likeness (QED) is 0.802. The van der Waals surface area contributed by atoms with Gasteiger partial charge in [0.05, 0.1) is 11.6 Å². The van der Waals surface area contributed by atoms with Gasteiger partial charge in [-0.05, 0) is 17.9 Å². The van der Waals surface area contributed by atoms with Gasteiger partial charge < -0.3 is 5.11 Å². The van der Waals surface area contributed by atoms with Gasteiger partial charge in [-0.3, -0.25) is 9.48 Å². The molecule has 2 rings (SSSR count). The number of aliphatic carboxylic acids is 1. The van der Waals surface area contributed by atoms with Gasteiger partial charge in [-0.1, -0.05) is 13.8 Å². The summed E-state index contributed by atoms with van der Waals surface area (Å²) in [4.78, 5) is 11.0. The number of rotatable bonds is 2. The average Bonchev–Trinajstić information content (AvgIpc) is 2.48. The van der Waals surface area contributed by atoms with E-state index < -0.39 is 5.97 Å². The molecule has 4 nitrogen and oxygen atoms in total. The van der Waals surface area contributed by atoms with Gasteiger partial charge in [0.25, 0.3) is 0 Å². The van der Waals surface area contributed by atoms with Gasteiger partial charge in [0.15, 0.2) is 0 Å². The van der Waals surface area contributed by atoms with Crippen LogP contribution < -0.4 is 0 Å². The van der Waals surface area contributed by atoms with E-state index in [9.17, 15) is 4.79 Å². The van der Waals surface area contributed by atoms with E-state index in [0.29, 0.717) is 0 Å². The van der Waals surface area contributed by atoms with Crippen molar-refractivity contribution in [1.82, 2.24) is 9.78 Å². The third-order valence-electron chi connectivity index (χ3n) is 3.44. The third kappa shape index (κ3) is 1.35. The molecule has 1 fully saturated rings. The highest BCUT2D eigenvalue weighted by atomic mass is 16.4. The molecular formula is C11H16N2O2. The summed E-state index contributed by atoms with van der Waals surface area (Å²) in [5.41, 5.74) is 1.86. The highest BCUT2D eigenvalue weighted by Crippen LogP contribution is 2.64. The normalized spacial score (nSPS) is 27.7. The molecular weight excluding hydrogens is 192 g/mol. The Morgan fingerprint density at radius 3 is 2.53 bits per heavy atom. The standard InChI is InChI=1S/C11H16N2O2/c1-6-5-13(4)12-9(6)7-8(10(14)15)11(7,2)3/h5,7-8H,1-4H3,(H,14,15). The number of aryl methyl sites for hydroxylation is 2. The van der Waals surface area contributed by atoms with Crippen LogP contribution in [0.2, 0.25) is 0 Å². The Balaban J connectivity index is 2.35. The number of hydrogen-bond donors (Lipinski definition) is 1. The minimum Gasteiger partial charge on any atom is -0.481 e. The summed E-state index contributed by atoms with van der Waals surface area (Å²) >= 11 is 0. The third-order valence-corrected chi connectivity index (χ3v) is 3.44. The second-order valence-electron chi connectivity index (χ2n) is 4.99. The van der Waals surface area contributed by atoms with Crippen LogP contribution in [-0.2, 0) is 11.8 Å². The van der Waals surface area contributed by atoms with Crippen LogP contribution in [0.25, 0.3) is 0 Å². The molecule has 0 amide bonds. The predicted octanol–water partition coefficient (Wildman–Crippen LogP) is 1.55. The monoisotopic (exact) mass is 208 g/mol. The minimum absolute atomic E-state index is 0.0659. The Kier molecular flexibility index (Phi) is 1.93. The van der Waals surface area contributed by atoms with E-state index in [-0.39, 0.29) is 17.3 Å². The van der Waals surface area contributed by atoms with E-state index in [4.69, 9.17) is 5.11 Å². The Labute approximate surface area is 88.9 Å².